The van der Waals surface area contributed by atoms with Crippen molar-refractivity contribution in [2.75, 3.05) is 4.90 Å². The summed E-state index contributed by atoms with van der Waals surface area (Å²) in [6.07, 6.45) is 2.04. The summed E-state index contributed by atoms with van der Waals surface area (Å²) in [6.45, 7) is 2.07. The Morgan fingerprint density at radius 1 is 1.08 bits per heavy atom. The average molecular weight is 318 g/mol. The van der Waals surface area contributed by atoms with E-state index in [0.29, 0.717) is 18.7 Å². The maximum atomic E-state index is 13.0. The van der Waals surface area contributed by atoms with Crippen LogP contribution in [0.4, 0.5) is 10.1 Å². The fourth-order valence-electron chi connectivity index (χ4n) is 3.08. The van der Waals surface area contributed by atoms with Gasteiger partial charge in [0, 0.05) is 18.3 Å². The molecule has 0 spiro atoms. The van der Waals surface area contributed by atoms with Crippen molar-refractivity contribution in [1.82, 2.24) is 9.78 Å². The highest BCUT2D eigenvalue weighted by Gasteiger charge is 2.24. The summed E-state index contributed by atoms with van der Waals surface area (Å²) < 4.78 is 14.9. The SMILES string of the molecule is N#Cc1ccccc1N1Cc2cn(Cc3ccc(F)cc3)nc2C1. The fourth-order valence-corrected chi connectivity index (χ4v) is 3.08. The van der Waals surface area contributed by atoms with Gasteiger partial charge in [-0.1, -0.05) is 24.3 Å². The lowest BCUT2D eigenvalue weighted by Gasteiger charge is -2.19. The minimum absolute atomic E-state index is 0.228. The Morgan fingerprint density at radius 2 is 1.88 bits per heavy atom. The van der Waals surface area contributed by atoms with Gasteiger partial charge in [-0.05, 0) is 29.8 Å². The Bertz CT molecular complexity index is 898. The topological polar surface area (TPSA) is 44.9 Å². The second-order valence-electron chi connectivity index (χ2n) is 5.91. The minimum atomic E-state index is -0.228. The lowest BCUT2D eigenvalue weighted by molar-refractivity contribution is 0.623. The van der Waals surface area contributed by atoms with E-state index in [1.165, 1.54) is 17.7 Å². The molecule has 3 aromatic rings. The molecule has 0 unspecified atom stereocenters. The molecule has 0 radical (unpaired) electrons. The largest absolute Gasteiger partial charge is 0.360 e. The number of hydrogen-bond donors (Lipinski definition) is 0. The molecule has 2 aromatic carbocycles. The molecule has 1 aromatic heterocycles. The summed E-state index contributed by atoms with van der Waals surface area (Å²) in [4.78, 5) is 2.17. The van der Waals surface area contributed by atoms with Gasteiger partial charge in [0.25, 0.3) is 0 Å². The third-order valence-corrected chi connectivity index (χ3v) is 4.25. The van der Waals surface area contributed by atoms with E-state index in [1.54, 1.807) is 12.1 Å². The van der Waals surface area contributed by atoms with E-state index in [2.05, 4.69) is 16.1 Å². The van der Waals surface area contributed by atoms with Gasteiger partial charge in [-0.3, -0.25) is 4.68 Å². The molecule has 0 atom stereocenters. The van der Waals surface area contributed by atoms with Crippen LogP contribution < -0.4 is 4.90 Å². The normalized spacial score (nSPS) is 12.9. The van der Waals surface area contributed by atoms with E-state index >= 15 is 0 Å². The van der Waals surface area contributed by atoms with Gasteiger partial charge in [0.2, 0.25) is 0 Å². The maximum absolute atomic E-state index is 13.0. The van der Waals surface area contributed by atoms with Gasteiger partial charge in [-0.2, -0.15) is 10.4 Å². The standard InChI is InChI=1S/C19H15FN4/c20-17-7-5-14(6-8-17)10-24-12-16-11-23(13-18(16)22-24)19-4-2-1-3-15(19)9-21/h1-8,12H,10-11,13H2. The molecule has 0 bridgehead atoms. The Balaban J connectivity index is 1.52. The maximum Gasteiger partial charge on any atom is 0.123 e. The highest BCUT2D eigenvalue weighted by molar-refractivity contribution is 5.60. The van der Waals surface area contributed by atoms with Gasteiger partial charge >= 0.3 is 0 Å². The molecule has 1 aliphatic rings. The minimum Gasteiger partial charge on any atom is -0.360 e. The molecule has 0 N–H and O–H groups in total. The summed E-state index contributed by atoms with van der Waals surface area (Å²) in [5.74, 6) is -0.228. The number of anilines is 1. The summed E-state index contributed by atoms with van der Waals surface area (Å²) in [7, 11) is 0. The predicted octanol–water partition coefficient (Wildman–Crippen LogP) is 3.46. The second-order valence-corrected chi connectivity index (χ2v) is 5.91. The number of aromatic nitrogens is 2. The molecule has 0 amide bonds. The van der Waals surface area contributed by atoms with E-state index < -0.39 is 0 Å². The van der Waals surface area contributed by atoms with Crippen molar-refractivity contribution in [3.63, 3.8) is 0 Å². The molecule has 0 saturated heterocycles. The molecule has 0 aliphatic carbocycles. The molecule has 0 saturated carbocycles. The summed E-state index contributed by atoms with van der Waals surface area (Å²) in [5, 5.41) is 13.9. The molecule has 4 nitrogen and oxygen atoms in total. The summed E-state index contributed by atoms with van der Waals surface area (Å²) in [6, 6.07) is 16.3. The van der Waals surface area contributed by atoms with Crippen molar-refractivity contribution in [3.8, 4) is 6.07 Å². The van der Waals surface area contributed by atoms with E-state index in [9.17, 15) is 9.65 Å². The fraction of sp³-hybridized carbons (Fsp3) is 0.158. The van der Waals surface area contributed by atoms with Crippen LogP contribution in [0.15, 0.2) is 54.7 Å². The first-order valence-electron chi connectivity index (χ1n) is 7.76. The third-order valence-electron chi connectivity index (χ3n) is 4.25. The van der Waals surface area contributed by atoms with Crippen LogP contribution in [0.2, 0.25) is 0 Å². The quantitative estimate of drug-likeness (QED) is 0.743. The smallest absolute Gasteiger partial charge is 0.123 e. The number of halogens is 1. The van der Waals surface area contributed by atoms with Crippen LogP contribution in [-0.2, 0) is 19.6 Å². The van der Waals surface area contributed by atoms with Crippen LogP contribution in [0.3, 0.4) is 0 Å². The lowest BCUT2D eigenvalue weighted by atomic mass is 10.2. The van der Waals surface area contributed by atoms with Crippen LogP contribution in [0.1, 0.15) is 22.4 Å². The van der Waals surface area contributed by atoms with Crippen molar-refractivity contribution < 1.29 is 4.39 Å². The van der Waals surface area contributed by atoms with Crippen molar-refractivity contribution in [2.24, 2.45) is 0 Å². The number of rotatable bonds is 3. The number of hydrogen-bond acceptors (Lipinski definition) is 3. The van der Waals surface area contributed by atoms with Crippen LogP contribution in [0, 0.1) is 17.1 Å². The average Bonchev–Trinajstić information content (AvgIpc) is 3.15. The Labute approximate surface area is 139 Å². The van der Waals surface area contributed by atoms with E-state index in [4.69, 9.17) is 0 Å². The van der Waals surface area contributed by atoms with Gasteiger partial charge in [0.15, 0.2) is 0 Å². The first-order chi connectivity index (χ1) is 11.7. The van der Waals surface area contributed by atoms with Crippen LogP contribution >= 0.6 is 0 Å². The van der Waals surface area contributed by atoms with Crippen molar-refractivity contribution in [1.29, 1.82) is 5.26 Å². The zero-order chi connectivity index (χ0) is 16.5. The van der Waals surface area contributed by atoms with Gasteiger partial charge in [0.1, 0.15) is 11.9 Å². The number of fused-ring (bicyclic) bond motifs is 1. The van der Waals surface area contributed by atoms with Gasteiger partial charge < -0.3 is 4.90 Å². The number of benzene rings is 2. The van der Waals surface area contributed by atoms with E-state index in [0.717, 1.165) is 23.5 Å². The molecular weight excluding hydrogens is 303 g/mol. The number of para-hydroxylation sites is 1. The summed E-state index contributed by atoms with van der Waals surface area (Å²) in [5.41, 5.74) is 4.85. The molecule has 24 heavy (non-hydrogen) atoms. The molecule has 2 heterocycles. The molecule has 4 rings (SSSR count). The van der Waals surface area contributed by atoms with E-state index in [1.807, 2.05) is 35.1 Å². The molecule has 118 valence electrons. The van der Waals surface area contributed by atoms with Crippen LogP contribution in [-0.4, -0.2) is 9.78 Å². The number of nitrogens with zero attached hydrogens (tertiary/aromatic N) is 4. The molecule has 0 fully saturated rings. The number of nitriles is 1. The van der Waals surface area contributed by atoms with Crippen molar-refractivity contribution in [2.45, 2.75) is 19.6 Å². The molecule has 5 heteroatoms. The lowest BCUT2D eigenvalue weighted by Crippen LogP contribution is -2.17. The molecule has 1 aliphatic heterocycles. The first kappa shape index (κ1) is 14.5. The van der Waals surface area contributed by atoms with Crippen LogP contribution in [0.25, 0.3) is 0 Å². The van der Waals surface area contributed by atoms with Gasteiger partial charge in [-0.15, -0.1) is 0 Å². The zero-order valence-corrected chi connectivity index (χ0v) is 13.0. The predicted molar refractivity (Wildman–Crippen MR) is 88.8 cm³/mol. The second kappa shape index (κ2) is 5.82. The van der Waals surface area contributed by atoms with E-state index in [-0.39, 0.29) is 5.82 Å². The Hall–Kier alpha value is -3.13. The first-order valence-corrected chi connectivity index (χ1v) is 7.76. The highest BCUT2D eigenvalue weighted by atomic mass is 19.1. The third kappa shape index (κ3) is 2.63. The monoisotopic (exact) mass is 318 g/mol. The van der Waals surface area contributed by atoms with Crippen molar-refractivity contribution >= 4 is 5.69 Å². The van der Waals surface area contributed by atoms with Crippen LogP contribution in [0.5, 0.6) is 0 Å². The van der Waals surface area contributed by atoms with Gasteiger partial charge in [0.05, 0.1) is 30.0 Å². The molecular formula is C19H15FN4. The summed E-state index contributed by atoms with van der Waals surface area (Å²) >= 11 is 0. The zero-order valence-electron chi connectivity index (χ0n) is 13.0. The highest BCUT2D eigenvalue weighted by Crippen LogP contribution is 2.29. The van der Waals surface area contributed by atoms with Gasteiger partial charge in [-0.25, -0.2) is 4.39 Å². The Kier molecular flexibility index (Phi) is 3.51. The van der Waals surface area contributed by atoms with Crippen molar-refractivity contribution in [3.05, 3.63) is 82.9 Å². The Morgan fingerprint density at radius 3 is 2.62 bits per heavy atom.